The van der Waals surface area contributed by atoms with Crippen LogP contribution >= 0.6 is 0 Å². The maximum Gasteiger partial charge on any atom is 0.339 e. The first-order valence-corrected chi connectivity index (χ1v) is 14.9. The number of rotatable bonds is 8. The lowest BCUT2D eigenvalue weighted by atomic mass is 9.49. The van der Waals surface area contributed by atoms with Crippen molar-refractivity contribution in [2.24, 2.45) is 0 Å². The normalized spacial score (nSPS) is 24.2. The van der Waals surface area contributed by atoms with E-state index in [4.69, 9.17) is 24.4 Å². The fraction of sp³-hybridized carbons (Fsp3) is 0.429. The number of ketones is 1. The first kappa shape index (κ1) is 30.6. The van der Waals surface area contributed by atoms with E-state index in [2.05, 4.69) is 48.3 Å². The monoisotopic (exact) mass is 587 g/mol. The average molecular weight is 588 g/mol. The van der Waals surface area contributed by atoms with Crippen molar-refractivity contribution in [3.63, 3.8) is 0 Å². The second-order valence-electron chi connectivity index (χ2n) is 11.7. The fourth-order valence-corrected chi connectivity index (χ4v) is 7.56. The topological polar surface area (TPSA) is 106 Å². The summed E-state index contributed by atoms with van der Waals surface area (Å²) >= 11 is 0. The Hall–Kier alpha value is -3.88. The van der Waals surface area contributed by atoms with Crippen molar-refractivity contribution in [1.82, 2.24) is 4.90 Å². The Morgan fingerprint density at radius 2 is 1.74 bits per heavy atom. The van der Waals surface area contributed by atoms with Crippen LogP contribution in [0.25, 0.3) is 0 Å². The summed E-state index contributed by atoms with van der Waals surface area (Å²) in [5.41, 5.74) is 2.93. The Morgan fingerprint density at radius 3 is 2.42 bits per heavy atom. The van der Waals surface area contributed by atoms with Crippen LogP contribution in [0.15, 0.2) is 66.7 Å². The van der Waals surface area contributed by atoms with Crippen LogP contribution in [0.2, 0.25) is 0 Å². The summed E-state index contributed by atoms with van der Waals surface area (Å²) in [6.45, 7) is 1.64. The Labute approximate surface area is 253 Å². The minimum Gasteiger partial charge on any atom is -0.507 e. The van der Waals surface area contributed by atoms with Crippen molar-refractivity contribution in [2.75, 3.05) is 34.4 Å². The van der Waals surface area contributed by atoms with E-state index in [0.29, 0.717) is 25.2 Å². The molecule has 1 heterocycles. The molecule has 1 aliphatic heterocycles. The summed E-state index contributed by atoms with van der Waals surface area (Å²) in [7, 11) is 5.61. The summed E-state index contributed by atoms with van der Waals surface area (Å²) in [5.74, 6) is 0.539. The van der Waals surface area contributed by atoms with E-state index in [-0.39, 0.29) is 22.8 Å². The Morgan fingerprint density at radius 1 is 1.00 bits per heavy atom. The lowest BCUT2D eigenvalue weighted by Gasteiger charge is -2.64. The molecule has 228 valence electrons. The molecule has 0 aromatic heterocycles. The molecule has 2 N–H and O–H groups in total. The first-order chi connectivity index (χ1) is 20.8. The molecule has 0 amide bonds. The third-order valence-electron chi connectivity index (χ3n) is 9.52. The molecule has 43 heavy (non-hydrogen) atoms. The maximum absolute atomic E-state index is 13.0. The number of methoxy groups -OCH3 is 2. The number of aromatic carboxylic acids is 1. The van der Waals surface area contributed by atoms with Crippen molar-refractivity contribution in [2.45, 2.75) is 62.0 Å². The number of Topliss-reactive ketones (excluding diaryl/α,β-unsaturated/α-hetero) is 1. The quantitative estimate of drug-likeness (QED) is 0.336. The predicted molar refractivity (Wildman–Crippen MR) is 163 cm³/mol. The van der Waals surface area contributed by atoms with Crippen LogP contribution in [0.5, 0.6) is 17.2 Å². The van der Waals surface area contributed by atoms with Crippen molar-refractivity contribution >= 4 is 11.8 Å². The molecule has 1 saturated carbocycles. The summed E-state index contributed by atoms with van der Waals surface area (Å²) in [4.78, 5) is 25.7. The molecule has 1 saturated heterocycles. The van der Waals surface area contributed by atoms with Crippen LogP contribution in [0, 0.1) is 0 Å². The van der Waals surface area contributed by atoms with Gasteiger partial charge in [-0.25, -0.2) is 4.79 Å². The number of hydrogen-bond acceptors (Lipinski definition) is 7. The summed E-state index contributed by atoms with van der Waals surface area (Å²) < 4.78 is 18.7. The number of nitrogens with zero attached hydrogens (tertiary/aromatic N) is 1. The molecule has 1 unspecified atom stereocenters. The second-order valence-corrected chi connectivity index (χ2v) is 11.7. The molecule has 3 aromatic rings. The third-order valence-corrected chi connectivity index (χ3v) is 9.52. The highest BCUT2D eigenvalue weighted by Crippen LogP contribution is 2.62. The Bertz CT molecular complexity index is 1460. The molecule has 6 rings (SSSR count). The van der Waals surface area contributed by atoms with E-state index < -0.39 is 11.6 Å². The number of likely N-dealkylation sites (tertiary alicyclic amines) is 1. The molecular formula is C35H41NO7. The molecule has 2 fully saturated rings. The summed E-state index contributed by atoms with van der Waals surface area (Å²) in [5, 5.41) is 17.3. The van der Waals surface area contributed by atoms with Crippen LogP contribution < -0.4 is 9.47 Å². The summed E-state index contributed by atoms with van der Waals surface area (Å²) in [6, 6.07) is 20.8. The van der Waals surface area contributed by atoms with Gasteiger partial charge in [-0.2, -0.15) is 0 Å². The number of fused-ring (bicyclic) bond motifs is 1. The van der Waals surface area contributed by atoms with Gasteiger partial charge in [-0.05, 0) is 75.0 Å². The highest BCUT2D eigenvalue weighted by atomic mass is 16.5. The summed E-state index contributed by atoms with van der Waals surface area (Å²) in [6.07, 6.45) is 5.64. The number of likely N-dealkylation sites (N-methyl/N-ethyl adjacent to an activating group) is 1. The van der Waals surface area contributed by atoms with Crippen LogP contribution in [0.3, 0.4) is 0 Å². The van der Waals surface area contributed by atoms with E-state index in [1.165, 1.54) is 23.3 Å². The number of para-hydroxylation sites is 1. The lowest BCUT2D eigenvalue weighted by Crippen LogP contribution is -2.73. The highest BCUT2D eigenvalue weighted by molar-refractivity contribution is 5.90. The first-order valence-electron chi connectivity index (χ1n) is 14.9. The number of ether oxygens (including phenoxy) is 3. The number of hydrogen-bond donors (Lipinski definition) is 2. The van der Waals surface area contributed by atoms with Gasteiger partial charge in [0.05, 0.1) is 19.8 Å². The Kier molecular flexibility index (Phi) is 9.08. The molecule has 3 aromatic carbocycles. The van der Waals surface area contributed by atoms with Gasteiger partial charge in [-0.1, -0.05) is 48.5 Å². The molecule has 0 radical (unpaired) electrons. The highest BCUT2D eigenvalue weighted by Gasteiger charge is 2.66. The zero-order chi connectivity index (χ0) is 30.6. The van der Waals surface area contributed by atoms with Gasteiger partial charge < -0.3 is 29.3 Å². The van der Waals surface area contributed by atoms with Gasteiger partial charge in [0.25, 0.3) is 0 Å². The van der Waals surface area contributed by atoms with Crippen molar-refractivity contribution in [3.8, 4) is 17.2 Å². The molecular weight excluding hydrogens is 546 g/mol. The number of aromatic hydroxyl groups is 1. The maximum atomic E-state index is 13.0. The van der Waals surface area contributed by atoms with Gasteiger partial charge in [0, 0.05) is 36.5 Å². The van der Waals surface area contributed by atoms with Crippen LogP contribution in [-0.4, -0.2) is 72.9 Å². The number of piperidine rings is 1. The lowest BCUT2D eigenvalue weighted by molar-refractivity contribution is -0.197. The van der Waals surface area contributed by atoms with Crippen LogP contribution in [0.4, 0.5) is 0 Å². The molecule has 2 aliphatic carbocycles. The number of benzene rings is 3. The van der Waals surface area contributed by atoms with Gasteiger partial charge in [0.2, 0.25) is 0 Å². The van der Waals surface area contributed by atoms with E-state index in [0.717, 1.165) is 55.7 Å². The minimum atomic E-state index is -1.11. The zero-order valence-electron chi connectivity index (χ0n) is 25.2. The number of carboxylic acid groups (broad SMARTS) is 1. The molecule has 3 atom stereocenters. The second kappa shape index (κ2) is 12.8. The minimum absolute atomic E-state index is 0.0671. The smallest absolute Gasteiger partial charge is 0.339 e. The van der Waals surface area contributed by atoms with E-state index in [1.54, 1.807) is 26.4 Å². The fourth-order valence-electron chi connectivity index (χ4n) is 7.56. The molecule has 2 bridgehead atoms. The van der Waals surface area contributed by atoms with Crippen molar-refractivity contribution < 1.29 is 34.0 Å². The van der Waals surface area contributed by atoms with Crippen LogP contribution in [0.1, 0.15) is 59.2 Å². The number of carbonyl (C=O) groups is 2. The van der Waals surface area contributed by atoms with Gasteiger partial charge in [0.1, 0.15) is 17.1 Å². The van der Waals surface area contributed by atoms with Gasteiger partial charge in [0.15, 0.2) is 11.5 Å². The van der Waals surface area contributed by atoms with E-state index in [1.807, 2.05) is 6.07 Å². The van der Waals surface area contributed by atoms with E-state index >= 15 is 0 Å². The number of carbonyl (C=O) groups excluding carboxylic acids is 1. The number of carboxylic acids is 1. The Balaban J connectivity index is 0.000000314. The SMILES string of the molecule is COc1ccc2c(c1OC)[C@]13CCN(C)[C@H](C2)C1(OCCCc1ccccc1)CCC(=O)C3.O=C(O)c1ccccc1O. The number of phenols is 1. The molecule has 8 nitrogen and oxygen atoms in total. The predicted octanol–water partition coefficient (Wildman–Crippen LogP) is 5.43. The molecule has 0 spiro atoms. The van der Waals surface area contributed by atoms with Gasteiger partial charge in [-0.15, -0.1) is 0 Å². The average Bonchev–Trinajstić information content (AvgIpc) is 3.01. The van der Waals surface area contributed by atoms with E-state index in [9.17, 15) is 9.59 Å². The molecule has 8 heteroatoms. The largest absolute Gasteiger partial charge is 0.507 e. The zero-order valence-corrected chi connectivity index (χ0v) is 25.2. The van der Waals surface area contributed by atoms with Gasteiger partial charge >= 0.3 is 5.97 Å². The molecule has 3 aliphatic rings. The van der Waals surface area contributed by atoms with Crippen molar-refractivity contribution in [3.05, 3.63) is 89.0 Å². The number of aryl methyl sites for hydroxylation is 1. The van der Waals surface area contributed by atoms with Crippen LogP contribution in [-0.2, 0) is 27.8 Å². The van der Waals surface area contributed by atoms with Crippen molar-refractivity contribution in [1.29, 1.82) is 0 Å². The standard InChI is InChI=1S/C28H35NO4.C7H6O3/c1-29-16-15-27-19-22(30)13-14-28(27,33-17-7-10-20-8-5-4-6-9-20)24(29)18-21-11-12-23(31-2)26(32-3)25(21)27;8-6-4-2-1-3-5(6)7(9)10/h4-6,8-9,11-12,24H,7,10,13-19H2,1-3H3;1-4,8H,(H,9,10)/t24-,27-,28?;/m1./s1. The third kappa shape index (κ3) is 5.61. The van der Waals surface area contributed by atoms with Gasteiger partial charge in [-0.3, -0.25) is 4.79 Å².